The number of hydrogen-bond acceptors (Lipinski definition) is 6. The van der Waals surface area contributed by atoms with Gasteiger partial charge in [0.25, 0.3) is 0 Å². The third-order valence-corrected chi connectivity index (χ3v) is 6.46. The van der Waals surface area contributed by atoms with E-state index in [2.05, 4.69) is 15.6 Å². The van der Waals surface area contributed by atoms with E-state index < -0.39 is 0 Å². The number of hydrogen-bond donors (Lipinski definition) is 2. The number of carbonyl (C=O) groups is 2. The largest absolute Gasteiger partial charge is 0.494 e. The SMILES string of the molecule is CCOc1ccc2nc(NC(=O)C(C)Sc3ccc(NC(=O)CC(C)(C)C)cc3)sc2c1. The van der Waals surface area contributed by atoms with Gasteiger partial charge in [-0.05, 0) is 61.7 Å². The third-order valence-electron chi connectivity index (χ3n) is 4.41. The van der Waals surface area contributed by atoms with Gasteiger partial charge < -0.3 is 15.4 Å². The van der Waals surface area contributed by atoms with Crippen molar-refractivity contribution in [3.63, 3.8) is 0 Å². The van der Waals surface area contributed by atoms with Gasteiger partial charge in [-0.2, -0.15) is 0 Å². The average molecular weight is 472 g/mol. The van der Waals surface area contributed by atoms with Crippen molar-refractivity contribution in [1.29, 1.82) is 0 Å². The van der Waals surface area contributed by atoms with E-state index in [1.54, 1.807) is 0 Å². The molecule has 2 aromatic carbocycles. The van der Waals surface area contributed by atoms with Crippen molar-refractivity contribution in [3.05, 3.63) is 42.5 Å². The van der Waals surface area contributed by atoms with Crippen LogP contribution in [0.25, 0.3) is 10.2 Å². The van der Waals surface area contributed by atoms with Crippen LogP contribution in [0.1, 0.15) is 41.0 Å². The Bertz CT molecular complexity index is 1090. The zero-order valence-electron chi connectivity index (χ0n) is 19.0. The number of nitrogens with one attached hydrogen (secondary N) is 2. The minimum absolute atomic E-state index is 0.00476. The third kappa shape index (κ3) is 6.97. The fraction of sp³-hybridized carbons (Fsp3) is 0.375. The van der Waals surface area contributed by atoms with Crippen molar-refractivity contribution < 1.29 is 14.3 Å². The fourth-order valence-electron chi connectivity index (χ4n) is 2.98. The van der Waals surface area contributed by atoms with Crippen LogP contribution < -0.4 is 15.4 Å². The molecule has 0 aliphatic carbocycles. The molecule has 6 nitrogen and oxygen atoms in total. The van der Waals surface area contributed by atoms with Crippen LogP contribution in [-0.2, 0) is 9.59 Å². The summed E-state index contributed by atoms with van der Waals surface area (Å²) >= 11 is 2.88. The Morgan fingerprint density at radius 3 is 2.50 bits per heavy atom. The van der Waals surface area contributed by atoms with Crippen molar-refractivity contribution in [2.45, 2.75) is 51.2 Å². The van der Waals surface area contributed by atoms with Crippen LogP contribution in [0, 0.1) is 5.41 Å². The normalized spacial score (nSPS) is 12.4. The second kappa shape index (κ2) is 10.4. The molecule has 3 aromatic rings. The summed E-state index contributed by atoms with van der Waals surface area (Å²) in [6, 6.07) is 13.2. The van der Waals surface area contributed by atoms with Crippen LogP contribution >= 0.6 is 23.1 Å². The van der Waals surface area contributed by atoms with Gasteiger partial charge in [0.15, 0.2) is 5.13 Å². The van der Waals surface area contributed by atoms with Crippen LogP contribution in [0.3, 0.4) is 0 Å². The van der Waals surface area contributed by atoms with E-state index in [0.29, 0.717) is 18.2 Å². The van der Waals surface area contributed by atoms with Crippen LogP contribution in [0.4, 0.5) is 10.8 Å². The molecular formula is C24H29N3O3S2. The number of amides is 2. The number of ether oxygens (including phenoxy) is 1. The van der Waals surface area contributed by atoms with E-state index in [1.165, 1.54) is 23.1 Å². The Morgan fingerprint density at radius 2 is 1.84 bits per heavy atom. The molecule has 0 saturated carbocycles. The van der Waals surface area contributed by atoms with Gasteiger partial charge in [-0.25, -0.2) is 4.98 Å². The number of rotatable bonds is 8. The molecule has 2 amide bonds. The number of nitrogens with zero attached hydrogens (tertiary/aromatic N) is 1. The van der Waals surface area contributed by atoms with Crippen molar-refractivity contribution in [2.24, 2.45) is 5.41 Å². The van der Waals surface area contributed by atoms with Crippen molar-refractivity contribution >= 4 is 55.9 Å². The highest BCUT2D eigenvalue weighted by Crippen LogP contribution is 2.31. The highest BCUT2D eigenvalue weighted by atomic mass is 32.2. The summed E-state index contributed by atoms with van der Waals surface area (Å²) in [5, 5.41) is 6.10. The first-order valence-corrected chi connectivity index (χ1v) is 12.2. The van der Waals surface area contributed by atoms with Crippen LogP contribution in [-0.4, -0.2) is 28.7 Å². The van der Waals surface area contributed by atoms with Gasteiger partial charge in [0.05, 0.1) is 22.1 Å². The monoisotopic (exact) mass is 471 g/mol. The van der Waals surface area contributed by atoms with Gasteiger partial charge in [-0.1, -0.05) is 32.1 Å². The van der Waals surface area contributed by atoms with Crippen molar-refractivity contribution in [2.75, 3.05) is 17.2 Å². The molecule has 0 bridgehead atoms. The average Bonchev–Trinajstić information content (AvgIpc) is 3.09. The maximum atomic E-state index is 12.7. The van der Waals surface area contributed by atoms with Gasteiger partial charge in [0.1, 0.15) is 5.75 Å². The summed E-state index contributed by atoms with van der Waals surface area (Å²) in [7, 11) is 0. The minimum atomic E-state index is -0.303. The number of thioether (sulfide) groups is 1. The molecule has 0 saturated heterocycles. The van der Waals surface area contributed by atoms with Crippen molar-refractivity contribution in [3.8, 4) is 5.75 Å². The van der Waals surface area contributed by atoms with Gasteiger partial charge in [-0.15, -0.1) is 11.8 Å². The molecule has 1 unspecified atom stereocenters. The van der Waals surface area contributed by atoms with E-state index in [-0.39, 0.29) is 22.5 Å². The smallest absolute Gasteiger partial charge is 0.239 e. The van der Waals surface area contributed by atoms with Crippen LogP contribution in [0.15, 0.2) is 47.4 Å². The lowest BCUT2D eigenvalue weighted by molar-refractivity contribution is -0.118. The lowest BCUT2D eigenvalue weighted by Gasteiger charge is -2.17. The van der Waals surface area contributed by atoms with Crippen LogP contribution in [0.2, 0.25) is 0 Å². The van der Waals surface area contributed by atoms with Gasteiger partial charge in [0, 0.05) is 17.0 Å². The molecule has 2 N–H and O–H groups in total. The molecule has 0 aliphatic heterocycles. The van der Waals surface area contributed by atoms with E-state index in [0.717, 1.165) is 26.5 Å². The molecule has 32 heavy (non-hydrogen) atoms. The van der Waals surface area contributed by atoms with E-state index in [9.17, 15) is 9.59 Å². The molecule has 1 heterocycles. The summed E-state index contributed by atoms with van der Waals surface area (Å²) in [6.07, 6.45) is 0.458. The summed E-state index contributed by atoms with van der Waals surface area (Å²) in [6.45, 7) is 10.5. The standard InChI is InChI=1S/C24H29N3O3S2/c1-6-30-17-9-12-19-20(13-17)32-23(26-19)27-22(29)15(2)31-18-10-7-16(8-11-18)25-21(28)14-24(3,4)5/h7-13,15H,6,14H2,1-5H3,(H,25,28)(H,26,27,29). The van der Waals surface area contributed by atoms with E-state index >= 15 is 0 Å². The number of aromatic nitrogens is 1. The van der Waals surface area contributed by atoms with E-state index in [4.69, 9.17) is 4.74 Å². The maximum absolute atomic E-state index is 12.7. The Balaban J connectivity index is 1.56. The van der Waals surface area contributed by atoms with Crippen LogP contribution in [0.5, 0.6) is 5.75 Å². The van der Waals surface area contributed by atoms with E-state index in [1.807, 2.05) is 77.1 Å². The summed E-state index contributed by atoms with van der Waals surface area (Å²) < 4.78 is 6.49. The maximum Gasteiger partial charge on any atom is 0.239 e. The predicted octanol–water partition coefficient (Wildman–Crippen LogP) is 6.19. The molecule has 0 radical (unpaired) electrons. The number of carbonyl (C=O) groups excluding carboxylic acids is 2. The Kier molecular flexibility index (Phi) is 7.79. The molecular weight excluding hydrogens is 442 g/mol. The number of fused-ring (bicyclic) bond motifs is 1. The zero-order chi connectivity index (χ0) is 23.3. The lowest BCUT2D eigenvalue weighted by atomic mass is 9.92. The van der Waals surface area contributed by atoms with Gasteiger partial charge in [-0.3, -0.25) is 9.59 Å². The first-order chi connectivity index (χ1) is 15.1. The quantitative estimate of drug-likeness (QED) is 0.383. The fourth-order valence-corrected chi connectivity index (χ4v) is 4.75. The topological polar surface area (TPSA) is 80.3 Å². The predicted molar refractivity (Wildman–Crippen MR) is 134 cm³/mol. The second-order valence-electron chi connectivity index (χ2n) is 8.64. The molecule has 1 atom stereocenters. The molecule has 170 valence electrons. The number of anilines is 2. The molecule has 1 aromatic heterocycles. The second-order valence-corrected chi connectivity index (χ2v) is 11.1. The summed E-state index contributed by atoms with van der Waals surface area (Å²) in [5.74, 6) is 0.681. The zero-order valence-corrected chi connectivity index (χ0v) is 20.7. The molecule has 8 heteroatoms. The lowest BCUT2D eigenvalue weighted by Crippen LogP contribution is -2.22. The highest BCUT2D eigenvalue weighted by molar-refractivity contribution is 8.00. The van der Waals surface area contributed by atoms with Crippen molar-refractivity contribution in [1.82, 2.24) is 4.98 Å². The first kappa shape index (κ1) is 24.1. The molecule has 0 fully saturated rings. The Morgan fingerprint density at radius 1 is 1.12 bits per heavy atom. The molecule has 0 spiro atoms. The molecule has 0 aliphatic rings. The first-order valence-electron chi connectivity index (χ1n) is 10.5. The van der Waals surface area contributed by atoms with Gasteiger partial charge in [0.2, 0.25) is 11.8 Å². The Hall–Kier alpha value is -2.58. The highest BCUT2D eigenvalue weighted by Gasteiger charge is 2.18. The molecule has 3 rings (SSSR count). The van der Waals surface area contributed by atoms with Gasteiger partial charge >= 0.3 is 0 Å². The minimum Gasteiger partial charge on any atom is -0.494 e. The summed E-state index contributed by atoms with van der Waals surface area (Å²) in [5.41, 5.74) is 1.53. The summed E-state index contributed by atoms with van der Waals surface area (Å²) in [4.78, 5) is 30.2. The number of benzene rings is 2. The Labute approximate surface area is 197 Å². The number of thiazole rings is 1.